The number of carbonyl (C=O) groups is 1. The van der Waals surface area contributed by atoms with Crippen LogP contribution in [-0.4, -0.2) is 31.1 Å². The number of nitrogens with zero attached hydrogens (tertiary/aromatic N) is 1. The number of aliphatic imine (C=N–C) groups is 1. The minimum atomic E-state index is -3.67. The van der Waals surface area contributed by atoms with E-state index in [1.807, 2.05) is 16.8 Å². The van der Waals surface area contributed by atoms with Crippen molar-refractivity contribution in [1.82, 2.24) is 0 Å². The number of hydrogen-bond acceptors (Lipinski definition) is 4. The van der Waals surface area contributed by atoms with Crippen LogP contribution in [0, 0.1) is 0 Å². The van der Waals surface area contributed by atoms with Crippen molar-refractivity contribution >= 4 is 44.9 Å². The molecule has 1 amide bonds. The maximum absolute atomic E-state index is 11.7. The lowest BCUT2D eigenvalue weighted by Gasteiger charge is -2.02. The molecule has 124 valence electrons. The number of carbonyl (C=O) groups excluding carboxylic acids is 1. The summed E-state index contributed by atoms with van der Waals surface area (Å²) in [7, 11) is -3.67. The number of thiophene rings is 1. The van der Waals surface area contributed by atoms with Gasteiger partial charge in [-0.25, -0.2) is 0 Å². The van der Waals surface area contributed by atoms with Gasteiger partial charge in [0.15, 0.2) is 5.96 Å². The van der Waals surface area contributed by atoms with E-state index >= 15 is 0 Å². The molecule has 0 radical (unpaired) electrons. The second kappa shape index (κ2) is 8.06. The Kier molecular flexibility index (Phi) is 6.70. The number of guanidine groups is 1. The third kappa shape index (κ3) is 7.24. The molecular weight excluding hydrogens is 362 g/mol. The molecule has 0 aliphatic carbocycles. The normalized spacial score (nSPS) is 10.4. The molecule has 1 aromatic carbocycles. The van der Waals surface area contributed by atoms with Gasteiger partial charge in [-0.05, 0) is 17.7 Å². The van der Waals surface area contributed by atoms with Crippen LogP contribution in [0.25, 0.3) is 11.1 Å². The van der Waals surface area contributed by atoms with Gasteiger partial charge in [-0.1, -0.05) is 23.7 Å². The Hall–Kier alpha value is -1.94. The Labute approximate surface area is 142 Å². The standard InChI is InChI=1S/C12H10ClN3OS.CH4O3S/c13-10-6-18-5-9(10)7-2-1-3-8(4-7)11(17)16-12(14)15;1-5(2,3)4/h1-6H,(H4,14,15,16,17);1H3,(H,2,3,4). The summed E-state index contributed by atoms with van der Waals surface area (Å²) in [5, 5.41) is 4.42. The van der Waals surface area contributed by atoms with E-state index in [-0.39, 0.29) is 5.96 Å². The van der Waals surface area contributed by atoms with Crippen LogP contribution in [-0.2, 0) is 10.1 Å². The molecule has 0 fully saturated rings. The fourth-order valence-electron chi connectivity index (χ4n) is 1.49. The van der Waals surface area contributed by atoms with Gasteiger partial charge in [-0.2, -0.15) is 24.7 Å². The van der Waals surface area contributed by atoms with E-state index in [0.717, 1.165) is 11.1 Å². The van der Waals surface area contributed by atoms with Crippen LogP contribution in [0.15, 0.2) is 40.0 Å². The van der Waals surface area contributed by atoms with E-state index in [1.54, 1.807) is 18.2 Å². The van der Waals surface area contributed by atoms with Crippen molar-refractivity contribution < 1.29 is 17.8 Å². The Morgan fingerprint density at radius 3 is 2.39 bits per heavy atom. The molecule has 10 heteroatoms. The lowest BCUT2D eigenvalue weighted by Crippen LogP contribution is -2.24. The Bertz CT molecular complexity index is 819. The number of amides is 1. The zero-order valence-corrected chi connectivity index (χ0v) is 14.3. The molecule has 2 aromatic rings. The Morgan fingerprint density at radius 2 is 1.91 bits per heavy atom. The quantitative estimate of drug-likeness (QED) is 0.417. The van der Waals surface area contributed by atoms with Crippen LogP contribution in [0.5, 0.6) is 0 Å². The molecule has 0 unspecified atom stereocenters. The lowest BCUT2D eigenvalue weighted by molar-refractivity contribution is 0.100. The SMILES string of the molecule is CS(=O)(=O)O.NC(N)=NC(=O)c1cccc(-c2cscc2Cl)c1. The average Bonchev–Trinajstić information content (AvgIpc) is 2.82. The molecule has 0 bridgehead atoms. The van der Waals surface area contributed by atoms with Gasteiger partial charge in [0.05, 0.1) is 11.3 Å². The maximum atomic E-state index is 11.7. The highest BCUT2D eigenvalue weighted by atomic mass is 35.5. The van der Waals surface area contributed by atoms with E-state index in [1.165, 1.54) is 11.3 Å². The number of halogens is 1. The number of benzene rings is 1. The number of rotatable bonds is 2. The van der Waals surface area contributed by atoms with Gasteiger partial charge in [0.2, 0.25) is 0 Å². The fourth-order valence-corrected chi connectivity index (χ4v) is 2.59. The second-order valence-corrected chi connectivity index (χ2v) is 6.91. The van der Waals surface area contributed by atoms with Crippen LogP contribution in [0.2, 0.25) is 5.02 Å². The predicted octanol–water partition coefficient (Wildman–Crippen LogP) is 1.99. The highest BCUT2D eigenvalue weighted by Gasteiger charge is 2.09. The molecule has 0 saturated heterocycles. The van der Waals surface area contributed by atoms with Crippen molar-refractivity contribution in [2.45, 2.75) is 0 Å². The molecule has 0 saturated carbocycles. The molecule has 0 spiro atoms. The van der Waals surface area contributed by atoms with E-state index in [9.17, 15) is 13.2 Å². The largest absolute Gasteiger partial charge is 0.370 e. The number of hydrogen-bond donors (Lipinski definition) is 3. The van der Waals surface area contributed by atoms with Gasteiger partial charge in [-0.3, -0.25) is 9.35 Å². The lowest BCUT2D eigenvalue weighted by atomic mass is 10.1. The highest BCUT2D eigenvalue weighted by Crippen LogP contribution is 2.31. The Balaban J connectivity index is 0.000000463. The van der Waals surface area contributed by atoms with Gasteiger partial charge < -0.3 is 11.5 Å². The van der Waals surface area contributed by atoms with Gasteiger partial charge in [-0.15, -0.1) is 0 Å². The summed E-state index contributed by atoms with van der Waals surface area (Å²) in [4.78, 5) is 15.2. The van der Waals surface area contributed by atoms with Gasteiger partial charge in [0, 0.05) is 21.9 Å². The summed E-state index contributed by atoms with van der Waals surface area (Å²) in [6.07, 6.45) is 0.715. The molecule has 1 aromatic heterocycles. The minimum absolute atomic E-state index is 0.251. The zero-order valence-electron chi connectivity index (χ0n) is 11.9. The third-order valence-electron chi connectivity index (χ3n) is 2.27. The van der Waals surface area contributed by atoms with Gasteiger partial charge >= 0.3 is 0 Å². The predicted molar refractivity (Wildman–Crippen MR) is 92.4 cm³/mol. The van der Waals surface area contributed by atoms with Crippen LogP contribution in [0.4, 0.5) is 0 Å². The Morgan fingerprint density at radius 1 is 1.30 bits per heavy atom. The molecule has 5 N–H and O–H groups in total. The maximum Gasteiger partial charge on any atom is 0.280 e. The van der Waals surface area contributed by atoms with E-state index in [4.69, 9.17) is 27.6 Å². The van der Waals surface area contributed by atoms with Crippen molar-refractivity contribution in [2.75, 3.05) is 6.26 Å². The molecular formula is C13H14ClN3O4S2. The van der Waals surface area contributed by atoms with Gasteiger partial charge in [0.25, 0.3) is 16.0 Å². The van der Waals surface area contributed by atoms with Crippen LogP contribution < -0.4 is 11.5 Å². The zero-order chi connectivity index (χ0) is 17.6. The molecule has 0 atom stereocenters. The molecule has 2 rings (SSSR count). The molecule has 23 heavy (non-hydrogen) atoms. The molecule has 0 aliphatic heterocycles. The summed E-state index contributed by atoms with van der Waals surface area (Å²) >= 11 is 7.55. The molecule has 7 nitrogen and oxygen atoms in total. The van der Waals surface area contributed by atoms with E-state index < -0.39 is 16.0 Å². The molecule has 1 heterocycles. The third-order valence-corrected chi connectivity index (χ3v) is 3.45. The summed E-state index contributed by atoms with van der Waals surface area (Å²) in [6, 6.07) is 7.00. The van der Waals surface area contributed by atoms with Crippen molar-refractivity contribution in [3.63, 3.8) is 0 Å². The summed E-state index contributed by atoms with van der Waals surface area (Å²) in [5.74, 6) is -0.720. The van der Waals surface area contributed by atoms with E-state index in [0.29, 0.717) is 16.8 Å². The first-order valence-corrected chi connectivity index (χ1v) is 9.13. The summed E-state index contributed by atoms with van der Waals surface area (Å²) in [6.45, 7) is 0. The first-order valence-electron chi connectivity index (χ1n) is 5.96. The van der Waals surface area contributed by atoms with Crippen LogP contribution in [0.3, 0.4) is 0 Å². The van der Waals surface area contributed by atoms with Crippen molar-refractivity contribution in [3.05, 3.63) is 45.6 Å². The topological polar surface area (TPSA) is 136 Å². The van der Waals surface area contributed by atoms with Crippen molar-refractivity contribution in [1.29, 1.82) is 0 Å². The second-order valence-electron chi connectivity index (χ2n) is 4.29. The minimum Gasteiger partial charge on any atom is -0.370 e. The van der Waals surface area contributed by atoms with Crippen LogP contribution in [0.1, 0.15) is 10.4 Å². The number of nitrogens with two attached hydrogens (primary N) is 2. The first kappa shape index (κ1) is 19.1. The molecule has 0 aliphatic rings. The monoisotopic (exact) mass is 375 g/mol. The smallest absolute Gasteiger partial charge is 0.280 e. The summed E-state index contributed by atoms with van der Waals surface area (Å²) < 4.78 is 25.9. The van der Waals surface area contributed by atoms with E-state index in [2.05, 4.69) is 4.99 Å². The first-order chi connectivity index (χ1) is 10.6. The van der Waals surface area contributed by atoms with Crippen LogP contribution >= 0.6 is 22.9 Å². The highest BCUT2D eigenvalue weighted by molar-refractivity contribution is 7.85. The average molecular weight is 376 g/mol. The summed E-state index contributed by atoms with van der Waals surface area (Å²) in [5.41, 5.74) is 12.5. The fraction of sp³-hybridized carbons (Fsp3) is 0.0769. The van der Waals surface area contributed by atoms with Crippen molar-refractivity contribution in [2.24, 2.45) is 16.5 Å². The van der Waals surface area contributed by atoms with Gasteiger partial charge in [0.1, 0.15) is 0 Å². The van der Waals surface area contributed by atoms with Crippen molar-refractivity contribution in [3.8, 4) is 11.1 Å².